The first-order valence-electron chi connectivity index (χ1n) is 8.08. The van der Waals surface area contributed by atoms with E-state index in [2.05, 4.69) is 31.2 Å². The quantitative estimate of drug-likeness (QED) is 0.533. The maximum Gasteiger partial charge on any atom is 0.305 e. The van der Waals surface area contributed by atoms with Crippen LogP contribution in [0.4, 0.5) is 0 Å². The third-order valence-corrected chi connectivity index (χ3v) is 3.96. The lowest BCUT2D eigenvalue weighted by molar-refractivity contribution is -0.143. The summed E-state index contributed by atoms with van der Waals surface area (Å²) in [6.45, 7) is 4.57. The Morgan fingerprint density at radius 3 is 2.52 bits per heavy atom. The summed E-state index contributed by atoms with van der Waals surface area (Å²) in [5.41, 5.74) is 1.30. The molecule has 0 heterocycles. The molecule has 1 aromatic rings. The molecule has 0 aromatic heterocycles. The van der Waals surface area contributed by atoms with Crippen LogP contribution in [0, 0.1) is 5.92 Å². The highest BCUT2D eigenvalue weighted by molar-refractivity contribution is 5.69. The zero-order valence-corrected chi connectivity index (χ0v) is 13.1. The first-order chi connectivity index (χ1) is 10.2. The van der Waals surface area contributed by atoms with Gasteiger partial charge in [0.25, 0.3) is 0 Å². The molecule has 0 spiro atoms. The lowest BCUT2D eigenvalue weighted by Crippen LogP contribution is -2.31. The van der Waals surface area contributed by atoms with E-state index in [1.54, 1.807) is 0 Å². The van der Waals surface area contributed by atoms with Gasteiger partial charge in [-0.2, -0.15) is 0 Å². The minimum atomic E-state index is -0.0871. The normalized spacial score (nSPS) is 20.7. The van der Waals surface area contributed by atoms with Crippen LogP contribution in [0.25, 0.3) is 0 Å². The molecular weight excluding hydrogens is 264 g/mol. The van der Waals surface area contributed by atoms with Crippen molar-refractivity contribution >= 4 is 5.97 Å². The van der Waals surface area contributed by atoms with E-state index in [4.69, 9.17) is 9.47 Å². The van der Waals surface area contributed by atoms with Crippen LogP contribution in [0.2, 0.25) is 0 Å². The maximum absolute atomic E-state index is 11.2. The van der Waals surface area contributed by atoms with Gasteiger partial charge in [0.2, 0.25) is 0 Å². The number of carbonyl (C=O) groups is 1. The molecule has 1 aliphatic rings. The van der Waals surface area contributed by atoms with Gasteiger partial charge in [-0.1, -0.05) is 19.1 Å². The Morgan fingerprint density at radius 1 is 1.19 bits per heavy atom. The summed E-state index contributed by atoms with van der Waals surface area (Å²) < 4.78 is 10.8. The molecule has 3 nitrogen and oxygen atoms in total. The number of ether oxygens (including phenoxy) is 2. The third kappa shape index (κ3) is 5.41. The molecular formula is C18H26O3. The Morgan fingerprint density at radius 2 is 1.90 bits per heavy atom. The van der Waals surface area contributed by atoms with Crippen LogP contribution in [0.1, 0.15) is 51.5 Å². The molecule has 2 rings (SSSR count). The van der Waals surface area contributed by atoms with Gasteiger partial charge in [-0.05, 0) is 62.6 Å². The Balaban J connectivity index is 1.64. The Kier molecular flexibility index (Phi) is 6.09. The largest absolute Gasteiger partial charge is 0.490 e. The number of benzene rings is 1. The summed E-state index contributed by atoms with van der Waals surface area (Å²) in [6, 6.07) is 8.37. The second kappa shape index (κ2) is 8.06. The SMILES string of the molecule is CCOC(=O)CCCCc1ccc(OC2CC(C)C2)cc1. The molecule has 21 heavy (non-hydrogen) atoms. The lowest BCUT2D eigenvalue weighted by atomic mass is 9.84. The smallest absolute Gasteiger partial charge is 0.305 e. The van der Waals surface area contributed by atoms with E-state index in [9.17, 15) is 4.79 Å². The molecule has 0 radical (unpaired) electrons. The van der Waals surface area contributed by atoms with Gasteiger partial charge in [0.05, 0.1) is 12.7 Å². The average molecular weight is 290 g/mol. The number of hydrogen-bond donors (Lipinski definition) is 0. The van der Waals surface area contributed by atoms with E-state index in [0.717, 1.165) is 30.9 Å². The molecule has 0 amide bonds. The van der Waals surface area contributed by atoms with E-state index in [1.807, 2.05) is 6.92 Å². The van der Waals surface area contributed by atoms with Crippen molar-refractivity contribution in [2.45, 2.75) is 58.5 Å². The second-order valence-electron chi connectivity index (χ2n) is 5.97. The minimum Gasteiger partial charge on any atom is -0.490 e. The summed E-state index contributed by atoms with van der Waals surface area (Å²) >= 11 is 0. The number of aryl methyl sites for hydroxylation is 1. The van der Waals surface area contributed by atoms with Crippen LogP contribution in [-0.2, 0) is 16.0 Å². The van der Waals surface area contributed by atoms with Crippen LogP contribution in [-0.4, -0.2) is 18.7 Å². The number of rotatable bonds is 8. The van der Waals surface area contributed by atoms with E-state index in [0.29, 0.717) is 19.1 Å². The van der Waals surface area contributed by atoms with Gasteiger partial charge >= 0.3 is 5.97 Å². The summed E-state index contributed by atoms with van der Waals surface area (Å²) in [7, 11) is 0. The van der Waals surface area contributed by atoms with Crippen LogP contribution in [0.5, 0.6) is 5.75 Å². The predicted octanol–water partition coefficient (Wildman–Crippen LogP) is 4.14. The van der Waals surface area contributed by atoms with Crippen LogP contribution >= 0.6 is 0 Å². The number of esters is 1. The van der Waals surface area contributed by atoms with Crippen molar-refractivity contribution in [3.8, 4) is 5.75 Å². The molecule has 0 unspecified atom stereocenters. The summed E-state index contributed by atoms with van der Waals surface area (Å²) in [6.07, 6.45) is 6.19. The maximum atomic E-state index is 11.2. The first-order valence-corrected chi connectivity index (χ1v) is 8.08. The predicted molar refractivity (Wildman–Crippen MR) is 83.4 cm³/mol. The van der Waals surface area contributed by atoms with E-state index in [1.165, 1.54) is 18.4 Å². The van der Waals surface area contributed by atoms with E-state index in [-0.39, 0.29) is 5.97 Å². The molecule has 3 heteroatoms. The highest BCUT2D eigenvalue weighted by Crippen LogP contribution is 2.30. The molecule has 1 fully saturated rings. The van der Waals surface area contributed by atoms with Gasteiger partial charge in [0.1, 0.15) is 5.75 Å². The lowest BCUT2D eigenvalue weighted by Gasteiger charge is -2.32. The minimum absolute atomic E-state index is 0.0871. The van der Waals surface area contributed by atoms with E-state index < -0.39 is 0 Å². The van der Waals surface area contributed by atoms with Gasteiger partial charge in [-0.25, -0.2) is 0 Å². The second-order valence-corrected chi connectivity index (χ2v) is 5.97. The highest BCUT2D eigenvalue weighted by atomic mass is 16.5. The first kappa shape index (κ1) is 15.9. The number of unbranched alkanes of at least 4 members (excludes halogenated alkanes) is 1. The van der Waals surface area contributed by atoms with Crippen molar-refractivity contribution in [3.63, 3.8) is 0 Å². The van der Waals surface area contributed by atoms with Gasteiger partial charge in [0, 0.05) is 6.42 Å². The summed E-state index contributed by atoms with van der Waals surface area (Å²) in [5, 5.41) is 0. The molecule has 0 saturated heterocycles. The molecule has 0 aliphatic heterocycles. The van der Waals surface area contributed by atoms with Crippen molar-refractivity contribution < 1.29 is 14.3 Å². The zero-order valence-electron chi connectivity index (χ0n) is 13.1. The van der Waals surface area contributed by atoms with Crippen molar-refractivity contribution in [1.82, 2.24) is 0 Å². The van der Waals surface area contributed by atoms with Gasteiger partial charge in [-0.3, -0.25) is 4.79 Å². The van der Waals surface area contributed by atoms with Crippen molar-refractivity contribution in [1.29, 1.82) is 0 Å². The fourth-order valence-electron chi connectivity index (χ4n) is 2.68. The molecule has 0 N–H and O–H groups in total. The van der Waals surface area contributed by atoms with Crippen LogP contribution in [0.15, 0.2) is 24.3 Å². The fourth-order valence-corrected chi connectivity index (χ4v) is 2.68. The summed E-state index contributed by atoms with van der Waals surface area (Å²) in [4.78, 5) is 11.2. The van der Waals surface area contributed by atoms with Crippen LogP contribution in [0.3, 0.4) is 0 Å². The Hall–Kier alpha value is -1.51. The Labute approximate surface area is 127 Å². The third-order valence-electron chi connectivity index (χ3n) is 3.96. The number of carbonyl (C=O) groups excluding carboxylic acids is 1. The standard InChI is InChI=1S/C18H26O3/c1-3-20-18(19)7-5-4-6-15-8-10-16(11-9-15)21-17-12-14(2)13-17/h8-11,14,17H,3-7,12-13H2,1-2H3. The van der Waals surface area contributed by atoms with Crippen molar-refractivity contribution in [2.24, 2.45) is 5.92 Å². The highest BCUT2D eigenvalue weighted by Gasteiger charge is 2.26. The van der Waals surface area contributed by atoms with Crippen molar-refractivity contribution in [3.05, 3.63) is 29.8 Å². The molecule has 0 atom stereocenters. The van der Waals surface area contributed by atoms with E-state index >= 15 is 0 Å². The van der Waals surface area contributed by atoms with Crippen LogP contribution < -0.4 is 4.74 Å². The molecule has 1 aliphatic carbocycles. The molecule has 0 bridgehead atoms. The van der Waals surface area contributed by atoms with Gasteiger partial charge < -0.3 is 9.47 Å². The molecule has 1 aromatic carbocycles. The number of hydrogen-bond acceptors (Lipinski definition) is 3. The zero-order chi connectivity index (χ0) is 15.1. The van der Waals surface area contributed by atoms with Gasteiger partial charge in [0.15, 0.2) is 0 Å². The van der Waals surface area contributed by atoms with Crippen molar-refractivity contribution in [2.75, 3.05) is 6.61 Å². The topological polar surface area (TPSA) is 35.5 Å². The molecule has 1 saturated carbocycles. The monoisotopic (exact) mass is 290 g/mol. The summed E-state index contributed by atoms with van der Waals surface area (Å²) in [5.74, 6) is 1.70. The fraction of sp³-hybridized carbons (Fsp3) is 0.611. The Bertz CT molecular complexity index is 432. The molecule has 116 valence electrons. The average Bonchev–Trinajstić information content (AvgIpc) is 2.44. The van der Waals surface area contributed by atoms with Gasteiger partial charge in [-0.15, -0.1) is 0 Å².